The molecule has 0 saturated carbocycles. The number of fused-ring (bicyclic) bond motifs is 1. The number of carbonyl (C=O) groups is 1. The van der Waals surface area contributed by atoms with Crippen molar-refractivity contribution in [3.63, 3.8) is 0 Å². The standard InChI is InChI=1S/C13H7F3N2O3/c14-13(15,16)8-3-1-2-6-7(5-17-11(6)8)9-4-10(12(19)20)21-18-9/h1-5,17H,(H,19,20). The molecule has 2 heterocycles. The highest BCUT2D eigenvalue weighted by molar-refractivity contribution is 5.97. The van der Waals surface area contributed by atoms with Gasteiger partial charge in [-0.25, -0.2) is 4.79 Å². The zero-order valence-corrected chi connectivity index (χ0v) is 10.2. The third-order valence-corrected chi connectivity index (χ3v) is 3.02. The van der Waals surface area contributed by atoms with Crippen molar-refractivity contribution in [3.05, 3.63) is 41.8 Å². The van der Waals surface area contributed by atoms with Crippen LogP contribution >= 0.6 is 0 Å². The van der Waals surface area contributed by atoms with Crippen molar-refractivity contribution in [2.75, 3.05) is 0 Å². The van der Waals surface area contributed by atoms with Crippen LogP contribution < -0.4 is 0 Å². The minimum Gasteiger partial charge on any atom is -0.475 e. The number of aromatic nitrogens is 2. The second kappa shape index (κ2) is 4.37. The van der Waals surface area contributed by atoms with E-state index in [4.69, 9.17) is 5.11 Å². The summed E-state index contributed by atoms with van der Waals surface area (Å²) in [5.41, 5.74) is -0.390. The van der Waals surface area contributed by atoms with Crippen LogP contribution in [0.25, 0.3) is 22.2 Å². The number of nitrogens with one attached hydrogen (secondary N) is 1. The fourth-order valence-electron chi connectivity index (χ4n) is 2.11. The minimum absolute atomic E-state index is 0.0834. The Labute approximate surface area is 115 Å². The van der Waals surface area contributed by atoms with E-state index in [9.17, 15) is 18.0 Å². The van der Waals surface area contributed by atoms with E-state index in [1.807, 2.05) is 0 Å². The molecule has 0 amide bonds. The summed E-state index contributed by atoms with van der Waals surface area (Å²) in [6, 6.07) is 4.89. The molecule has 0 radical (unpaired) electrons. The lowest BCUT2D eigenvalue weighted by Crippen LogP contribution is -2.05. The zero-order chi connectivity index (χ0) is 15.2. The second-order valence-corrected chi connectivity index (χ2v) is 4.31. The summed E-state index contributed by atoms with van der Waals surface area (Å²) in [6.07, 6.45) is -3.15. The number of carboxylic acid groups (broad SMARTS) is 1. The monoisotopic (exact) mass is 296 g/mol. The first kappa shape index (κ1) is 13.2. The van der Waals surface area contributed by atoms with Crippen molar-refractivity contribution in [2.24, 2.45) is 0 Å². The Balaban J connectivity index is 2.19. The Morgan fingerprint density at radius 3 is 2.71 bits per heavy atom. The predicted molar refractivity (Wildman–Crippen MR) is 65.8 cm³/mol. The number of benzene rings is 1. The number of halogens is 3. The molecule has 0 atom stereocenters. The molecule has 2 aromatic heterocycles. The summed E-state index contributed by atoms with van der Waals surface area (Å²) in [5, 5.41) is 12.6. The first-order valence-corrected chi connectivity index (χ1v) is 5.75. The normalized spacial score (nSPS) is 12.0. The number of carboxylic acids is 1. The second-order valence-electron chi connectivity index (χ2n) is 4.31. The molecule has 0 aliphatic heterocycles. The lowest BCUT2D eigenvalue weighted by Gasteiger charge is -2.07. The van der Waals surface area contributed by atoms with Gasteiger partial charge in [0, 0.05) is 23.2 Å². The van der Waals surface area contributed by atoms with Crippen LogP contribution in [0.4, 0.5) is 13.2 Å². The summed E-state index contributed by atoms with van der Waals surface area (Å²) in [5.74, 6) is -1.68. The third kappa shape index (κ3) is 2.14. The number of nitrogens with zero attached hydrogens (tertiary/aromatic N) is 1. The van der Waals surface area contributed by atoms with Gasteiger partial charge in [0.15, 0.2) is 0 Å². The maximum absolute atomic E-state index is 12.9. The highest BCUT2D eigenvalue weighted by Gasteiger charge is 2.33. The van der Waals surface area contributed by atoms with Crippen molar-refractivity contribution in [3.8, 4) is 11.3 Å². The van der Waals surface area contributed by atoms with Gasteiger partial charge < -0.3 is 14.6 Å². The number of hydrogen-bond donors (Lipinski definition) is 2. The molecule has 0 fully saturated rings. The maximum Gasteiger partial charge on any atom is 0.418 e. The van der Waals surface area contributed by atoms with Gasteiger partial charge >= 0.3 is 12.1 Å². The Morgan fingerprint density at radius 1 is 1.33 bits per heavy atom. The van der Waals surface area contributed by atoms with Crippen LogP contribution in [0.3, 0.4) is 0 Å². The van der Waals surface area contributed by atoms with Crippen LogP contribution in [0.5, 0.6) is 0 Å². The Hall–Kier alpha value is -2.77. The first-order chi connectivity index (χ1) is 9.88. The number of hydrogen-bond acceptors (Lipinski definition) is 3. The van der Waals surface area contributed by atoms with E-state index in [0.29, 0.717) is 5.56 Å². The third-order valence-electron chi connectivity index (χ3n) is 3.02. The molecule has 21 heavy (non-hydrogen) atoms. The molecule has 0 unspecified atom stereocenters. The smallest absolute Gasteiger partial charge is 0.418 e. The van der Waals surface area contributed by atoms with Gasteiger partial charge in [-0.05, 0) is 6.07 Å². The lowest BCUT2D eigenvalue weighted by atomic mass is 10.1. The number of aromatic amines is 1. The Morgan fingerprint density at radius 2 is 2.10 bits per heavy atom. The van der Waals surface area contributed by atoms with E-state index in [-0.39, 0.29) is 22.4 Å². The zero-order valence-electron chi connectivity index (χ0n) is 10.2. The topological polar surface area (TPSA) is 79.1 Å². The molecule has 0 bridgehead atoms. The molecule has 0 spiro atoms. The molecule has 3 aromatic rings. The van der Waals surface area contributed by atoms with Crippen LogP contribution in [-0.2, 0) is 6.18 Å². The Kier molecular flexibility index (Phi) is 2.75. The van der Waals surface area contributed by atoms with Gasteiger partial charge in [-0.15, -0.1) is 0 Å². The molecule has 8 heteroatoms. The fourth-order valence-corrected chi connectivity index (χ4v) is 2.11. The summed E-state index contributed by atoms with van der Waals surface area (Å²) in [6.45, 7) is 0. The van der Waals surface area contributed by atoms with Gasteiger partial charge in [-0.3, -0.25) is 0 Å². The van der Waals surface area contributed by atoms with Crippen molar-refractivity contribution >= 4 is 16.9 Å². The predicted octanol–water partition coefficient (Wildman–Crippen LogP) is 3.54. The largest absolute Gasteiger partial charge is 0.475 e. The molecule has 0 saturated heterocycles. The molecular weight excluding hydrogens is 289 g/mol. The minimum atomic E-state index is -4.49. The fraction of sp³-hybridized carbons (Fsp3) is 0.0769. The average molecular weight is 296 g/mol. The number of aromatic carboxylic acids is 1. The quantitative estimate of drug-likeness (QED) is 0.758. The van der Waals surface area contributed by atoms with E-state index >= 15 is 0 Å². The van der Waals surface area contributed by atoms with Crippen LogP contribution in [0.15, 0.2) is 35.0 Å². The number of H-pyrrole nitrogens is 1. The van der Waals surface area contributed by atoms with E-state index in [2.05, 4.69) is 14.7 Å². The maximum atomic E-state index is 12.9. The van der Waals surface area contributed by atoms with E-state index in [1.165, 1.54) is 18.3 Å². The molecule has 0 aliphatic rings. The number of para-hydroxylation sites is 1. The van der Waals surface area contributed by atoms with Crippen LogP contribution in [-0.4, -0.2) is 21.2 Å². The van der Waals surface area contributed by atoms with Crippen LogP contribution in [0, 0.1) is 0 Å². The van der Waals surface area contributed by atoms with E-state index in [1.54, 1.807) is 0 Å². The Bertz CT molecular complexity index is 833. The van der Waals surface area contributed by atoms with Gasteiger partial charge in [0.25, 0.3) is 0 Å². The van der Waals surface area contributed by atoms with Gasteiger partial charge in [0.1, 0.15) is 5.69 Å². The van der Waals surface area contributed by atoms with Crippen molar-refractivity contribution < 1.29 is 27.6 Å². The molecule has 108 valence electrons. The summed E-state index contributed by atoms with van der Waals surface area (Å²) < 4.78 is 43.3. The average Bonchev–Trinajstić information content (AvgIpc) is 3.03. The lowest BCUT2D eigenvalue weighted by molar-refractivity contribution is -0.136. The molecule has 5 nitrogen and oxygen atoms in total. The number of rotatable bonds is 2. The molecular formula is C13H7F3N2O3. The van der Waals surface area contributed by atoms with Crippen molar-refractivity contribution in [2.45, 2.75) is 6.18 Å². The van der Waals surface area contributed by atoms with Crippen molar-refractivity contribution in [1.82, 2.24) is 10.1 Å². The van der Waals surface area contributed by atoms with Gasteiger partial charge in [0.05, 0.1) is 11.1 Å². The van der Waals surface area contributed by atoms with Crippen molar-refractivity contribution in [1.29, 1.82) is 0 Å². The highest BCUT2D eigenvalue weighted by atomic mass is 19.4. The molecule has 3 rings (SSSR count). The summed E-state index contributed by atoms with van der Waals surface area (Å²) in [7, 11) is 0. The molecule has 2 N–H and O–H groups in total. The molecule has 0 aliphatic carbocycles. The van der Waals surface area contributed by atoms with Crippen LogP contribution in [0.2, 0.25) is 0 Å². The van der Waals surface area contributed by atoms with Gasteiger partial charge in [0.2, 0.25) is 5.76 Å². The van der Waals surface area contributed by atoms with E-state index in [0.717, 1.165) is 12.1 Å². The van der Waals surface area contributed by atoms with Crippen LogP contribution in [0.1, 0.15) is 16.1 Å². The first-order valence-electron chi connectivity index (χ1n) is 5.75. The number of alkyl halides is 3. The van der Waals surface area contributed by atoms with Gasteiger partial charge in [-0.2, -0.15) is 13.2 Å². The highest BCUT2D eigenvalue weighted by Crippen LogP contribution is 2.37. The van der Waals surface area contributed by atoms with E-state index < -0.39 is 17.7 Å². The van der Waals surface area contributed by atoms with Gasteiger partial charge in [-0.1, -0.05) is 17.3 Å². The SMILES string of the molecule is O=C(O)c1cc(-c2c[nH]c3c(C(F)(F)F)cccc23)no1. The summed E-state index contributed by atoms with van der Waals surface area (Å²) in [4.78, 5) is 13.3. The molecule has 1 aromatic carbocycles. The summed E-state index contributed by atoms with van der Waals surface area (Å²) >= 11 is 0.